The van der Waals surface area contributed by atoms with E-state index in [4.69, 9.17) is 9.84 Å². The third-order valence-corrected chi connectivity index (χ3v) is 5.21. The van der Waals surface area contributed by atoms with Gasteiger partial charge >= 0.3 is 5.97 Å². The minimum absolute atomic E-state index is 0.120. The van der Waals surface area contributed by atoms with Crippen molar-refractivity contribution in [2.45, 2.75) is 30.4 Å². The molecule has 0 aliphatic rings. The minimum Gasteiger partial charge on any atom is -0.494 e. The number of rotatable bonds is 10. The number of carbonyl (C=O) groups excluding carboxylic acids is 2. The molecule has 0 heterocycles. The largest absolute Gasteiger partial charge is 0.494 e. The molecule has 0 aliphatic heterocycles. The lowest BCUT2D eigenvalue weighted by atomic mass is 10.2. The van der Waals surface area contributed by atoms with Gasteiger partial charge in [0.15, 0.2) is 0 Å². The van der Waals surface area contributed by atoms with E-state index >= 15 is 0 Å². The van der Waals surface area contributed by atoms with Gasteiger partial charge in [0.1, 0.15) is 5.75 Å². The Morgan fingerprint density at radius 2 is 1.77 bits per heavy atom. The van der Waals surface area contributed by atoms with Gasteiger partial charge in [-0.05, 0) is 55.8 Å². The van der Waals surface area contributed by atoms with Crippen LogP contribution in [0, 0.1) is 0 Å². The van der Waals surface area contributed by atoms with Gasteiger partial charge in [-0.3, -0.25) is 9.59 Å². The van der Waals surface area contributed by atoms with Crippen LogP contribution in [0.15, 0.2) is 65.6 Å². The van der Waals surface area contributed by atoms with Crippen molar-refractivity contribution in [3.05, 3.63) is 60.7 Å². The Morgan fingerprint density at radius 3 is 2.40 bits per heavy atom. The quantitative estimate of drug-likeness (QED) is 0.387. The van der Waals surface area contributed by atoms with Crippen LogP contribution in [0.1, 0.15) is 20.3 Å². The molecule has 0 saturated carbocycles. The molecular formula is C22H24N2O5S. The van der Waals surface area contributed by atoms with E-state index < -0.39 is 11.9 Å². The Kier molecular flexibility index (Phi) is 8.96. The molecule has 3 N–H and O–H groups in total. The van der Waals surface area contributed by atoms with Crippen molar-refractivity contribution in [2.75, 3.05) is 17.2 Å². The summed E-state index contributed by atoms with van der Waals surface area (Å²) in [6.45, 7) is 4.42. The Morgan fingerprint density at radius 1 is 1.03 bits per heavy atom. The maximum absolute atomic E-state index is 12.7. The van der Waals surface area contributed by atoms with Gasteiger partial charge in [0.25, 0.3) is 0 Å². The summed E-state index contributed by atoms with van der Waals surface area (Å²) in [5.74, 6) is -1.11. The molecule has 2 rings (SSSR count). The molecule has 8 heteroatoms. The number of thioether (sulfide) groups is 1. The number of hydrogen-bond donors (Lipinski definition) is 3. The van der Waals surface area contributed by atoms with Crippen molar-refractivity contribution >= 4 is 40.9 Å². The van der Waals surface area contributed by atoms with E-state index in [-0.39, 0.29) is 11.2 Å². The highest BCUT2D eigenvalue weighted by atomic mass is 32.2. The number of ether oxygens (including phenoxy) is 1. The molecule has 0 fully saturated rings. The van der Waals surface area contributed by atoms with Crippen molar-refractivity contribution in [1.29, 1.82) is 0 Å². The molecule has 0 aliphatic carbocycles. The molecule has 1 unspecified atom stereocenters. The first-order valence-corrected chi connectivity index (χ1v) is 10.3. The zero-order valence-electron chi connectivity index (χ0n) is 16.8. The Labute approximate surface area is 179 Å². The molecular weight excluding hydrogens is 404 g/mol. The SMILES string of the molecule is CCOc1ccc(NC(=O)C(CC)Sc2cccc(NC(=O)/C=C/C(=O)O)c2)cc1. The summed E-state index contributed by atoms with van der Waals surface area (Å²) >= 11 is 1.39. The summed E-state index contributed by atoms with van der Waals surface area (Å²) in [6, 6.07) is 14.2. The number of anilines is 2. The summed E-state index contributed by atoms with van der Waals surface area (Å²) < 4.78 is 5.40. The third kappa shape index (κ3) is 7.63. The minimum atomic E-state index is -1.20. The molecule has 0 aromatic heterocycles. The van der Waals surface area contributed by atoms with E-state index in [0.29, 0.717) is 24.4 Å². The molecule has 0 radical (unpaired) electrons. The molecule has 158 valence electrons. The van der Waals surface area contributed by atoms with Gasteiger partial charge in [0.2, 0.25) is 11.8 Å². The van der Waals surface area contributed by atoms with Gasteiger partial charge in [-0.1, -0.05) is 13.0 Å². The number of nitrogens with one attached hydrogen (secondary N) is 2. The second kappa shape index (κ2) is 11.7. The van der Waals surface area contributed by atoms with Crippen molar-refractivity contribution in [1.82, 2.24) is 0 Å². The summed E-state index contributed by atoms with van der Waals surface area (Å²) in [6.07, 6.45) is 2.33. The maximum atomic E-state index is 12.7. The molecule has 1 atom stereocenters. The van der Waals surface area contributed by atoms with E-state index in [0.717, 1.165) is 22.8 Å². The van der Waals surface area contributed by atoms with Gasteiger partial charge in [-0.25, -0.2) is 4.79 Å². The molecule has 2 aromatic carbocycles. The second-order valence-corrected chi connectivity index (χ2v) is 7.43. The van der Waals surface area contributed by atoms with Crippen LogP contribution in [0.3, 0.4) is 0 Å². The monoisotopic (exact) mass is 428 g/mol. The fraction of sp³-hybridized carbons (Fsp3) is 0.227. The van der Waals surface area contributed by atoms with Crippen LogP contribution in [0.2, 0.25) is 0 Å². The topological polar surface area (TPSA) is 105 Å². The highest BCUT2D eigenvalue weighted by Crippen LogP contribution is 2.28. The van der Waals surface area contributed by atoms with Gasteiger partial charge in [-0.2, -0.15) is 0 Å². The summed E-state index contributed by atoms with van der Waals surface area (Å²) in [7, 11) is 0. The van der Waals surface area contributed by atoms with E-state index in [1.54, 1.807) is 42.5 Å². The molecule has 2 aromatic rings. The van der Waals surface area contributed by atoms with Gasteiger partial charge in [0.05, 0.1) is 11.9 Å². The molecule has 2 amide bonds. The van der Waals surface area contributed by atoms with E-state index in [9.17, 15) is 14.4 Å². The van der Waals surface area contributed by atoms with Crippen molar-refractivity contribution in [3.63, 3.8) is 0 Å². The van der Waals surface area contributed by atoms with Crippen LogP contribution in [0.5, 0.6) is 5.75 Å². The van der Waals surface area contributed by atoms with Gasteiger partial charge in [0, 0.05) is 28.4 Å². The predicted molar refractivity (Wildman–Crippen MR) is 118 cm³/mol. The average Bonchev–Trinajstić information content (AvgIpc) is 2.72. The van der Waals surface area contributed by atoms with Crippen LogP contribution in [-0.2, 0) is 14.4 Å². The normalized spacial score (nSPS) is 11.7. The summed E-state index contributed by atoms with van der Waals surface area (Å²) in [4.78, 5) is 35.7. The second-order valence-electron chi connectivity index (χ2n) is 6.15. The highest BCUT2D eigenvalue weighted by molar-refractivity contribution is 8.00. The number of aliphatic carboxylic acids is 1. The van der Waals surface area contributed by atoms with E-state index in [2.05, 4.69) is 10.6 Å². The van der Waals surface area contributed by atoms with Crippen LogP contribution in [0.4, 0.5) is 11.4 Å². The molecule has 30 heavy (non-hydrogen) atoms. The lowest BCUT2D eigenvalue weighted by Crippen LogP contribution is -2.24. The number of amides is 2. The van der Waals surface area contributed by atoms with E-state index in [1.807, 2.05) is 19.9 Å². The van der Waals surface area contributed by atoms with Crippen molar-refractivity contribution < 1.29 is 24.2 Å². The standard InChI is InChI=1S/C22H24N2O5S/c1-3-19(22(28)24-15-8-10-17(11-9-15)29-4-2)30-18-7-5-6-16(14-18)23-20(25)12-13-21(26)27/h5-14,19H,3-4H2,1-2H3,(H,23,25)(H,24,28)(H,26,27)/b13-12+. The summed E-state index contributed by atoms with van der Waals surface area (Å²) in [5, 5.41) is 13.8. The van der Waals surface area contributed by atoms with Crippen molar-refractivity contribution in [3.8, 4) is 5.75 Å². The number of benzene rings is 2. The number of carbonyl (C=O) groups is 3. The van der Waals surface area contributed by atoms with Crippen molar-refractivity contribution in [2.24, 2.45) is 0 Å². The first-order chi connectivity index (χ1) is 14.4. The van der Waals surface area contributed by atoms with Gasteiger partial charge < -0.3 is 20.5 Å². The number of carboxylic acids is 1. The molecule has 0 spiro atoms. The number of hydrogen-bond acceptors (Lipinski definition) is 5. The first-order valence-electron chi connectivity index (χ1n) is 9.43. The van der Waals surface area contributed by atoms with Gasteiger partial charge in [-0.15, -0.1) is 11.8 Å². The summed E-state index contributed by atoms with van der Waals surface area (Å²) in [5.41, 5.74) is 1.20. The van der Waals surface area contributed by atoms with Crippen LogP contribution >= 0.6 is 11.8 Å². The maximum Gasteiger partial charge on any atom is 0.328 e. The van der Waals surface area contributed by atoms with Crippen LogP contribution in [0.25, 0.3) is 0 Å². The molecule has 7 nitrogen and oxygen atoms in total. The zero-order valence-corrected chi connectivity index (χ0v) is 17.6. The number of carboxylic acid groups (broad SMARTS) is 1. The lowest BCUT2D eigenvalue weighted by molar-refractivity contribution is -0.131. The Bertz CT molecular complexity index is 912. The Hall–Kier alpha value is -3.26. The average molecular weight is 429 g/mol. The van der Waals surface area contributed by atoms with Crippen LogP contribution in [-0.4, -0.2) is 34.7 Å². The first kappa shape index (κ1) is 23.0. The third-order valence-electron chi connectivity index (χ3n) is 3.85. The fourth-order valence-corrected chi connectivity index (χ4v) is 3.50. The molecule has 0 saturated heterocycles. The molecule has 0 bridgehead atoms. The smallest absolute Gasteiger partial charge is 0.328 e. The fourth-order valence-electron chi connectivity index (χ4n) is 2.49. The van der Waals surface area contributed by atoms with E-state index in [1.165, 1.54) is 11.8 Å². The van der Waals surface area contributed by atoms with Crippen LogP contribution < -0.4 is 15.4 Å². The highest BCUT2D eigenvalue weighted by Gasteiger charge is 2.18. The predicted octanol–water partition coefficient (Wildman–Crippen LogP) is 4.17. The zero-order chi connectivity index (χ0) is 21.9. The lowest BCUT2D eigenvalue weighted by Gasteiger charge is -2.15. The Balaban J connectivity index is 1.99.